The first-order valence-electron chi connectivity index (χ1n) is 10.5. The summed E-state index contributed by atoms with van der Waals surface area (Å²) >= 11 is 1.51. The van der Waals surface area contributed by atoms with Crippen LogP contribution < -0.4 is 5.32 Å². The number of hydrogen-bond acceptors (Lipinski definition) is 6. The first-order chi connectivity index (χ1) is 15.8. The van der Waals surface area contributed by atoms with Crippen LogP contribution in [0.1, 0.15) is 34.3 Å². The van der Waals surface area contributed by atoms with Crippen LogP contribution in [0.4, 0.5) is 4.39 Å². The summed E-state index contributed by atoms with van der Waals surface area (Å²) in [5, 5.41) is 4.78. The van der Waals surface area contributed by atoms with Crippen LogP contribution in [0.25, 0.3) is 21.6 Å². The van der Waals surface area contributed by atoms with Gasteiger partial charge >= 0.3 is 0 Å². The molecule has 4 heterocycles. The fourth-order valence-corrected chi connectivity index (χ4v) is 6.61. The molecule has 1 atom stereocenters. The molecule has 3 aromatic heterocycles. The molecular formula is C23H21FN4O3S2. The van der Waals surface area contributed by atoms with E-state index in [0.29, 0.717) is 29.0 Å². The van der Waals surface area contributed by atoms with Crippen LogP contribution in [0.3, 0.4) is 0 Å². The molecule has 1 amide bonds. The summed E-state index contributed by atoms with van der Waals surface area (Å²) in [5.41, 5.74) is 2.70. The Labute approximate surface area is 194 Å². The van der Waals surface area contributed by atoms with E-state index in [-0.39, 0.29) is 35.6 Å². The molecule has 5 rings (SSSR count). The molecule has 1 N–H and O–H groups in total. The predicted octanol–water partition coefficient (Wildman–Crippen LogP) is 3.90. The molecule has 0 radical (unpaired) electrons. The summed E-state index contributed by atoms with van der Waals surface area (Å²) in [6, 6.07) is 11.4. The molecule has 1 aliphatic heterocycles. The second-order valence-corrected chi connectivity index (χ2v) is 11.3. The molecule has 0 bridgehead atoms. The van der Waals surface area contributed by atoms with E-state index in [2.05, 4.69) is 15.3 Å². The van der Waals surface area contributed by atoms with Crippen LogP contribution in [-0.4, -0.2) is 40.4 Å². The number of pyridine rings is 1. The number of carbonyl (C=O) groups is 1. The molecule has 10 heteroatoms. The Morgan fingerprint density at radius 1 is 1.24 bits per heavy atom. The number of hydrogen-bond donors (Lipinski definition) is 1. The summed E-state index contributed by atoms with van der Waals surface area (Å²) < 4.78 is 39.3. The van der Waals surface area contributed by atoms with Crippen molar-refractivity contribution in [2.45, 2.75) is 25.9 Å². The number of benzene rings is 1. The lowest BCUT2D eigenvalue weighted by molar-refractivity contribution is 0.0947. The van der Waals surface area contributed by atoms with Crippen LogP contribution in [0.5, 0.6) is 0 Å². The van der Waals surface area contributed by atoms with Crippen molar-refractivity contribution in [2.24, 2.45) is 0 Å². The van der Waals surface area contributed by atoms with Gasteiger partial charge in [0.1, 0.15) is 17.2 Å². The lowest BCUT2D eigenvalue weighted by Crippen LogP contribution is -2.24. The van der Waals surface area contributed by atoms with Crippen molar-refractivity contribution < 1.29 is 17.6 Å². The summed E-state index contributed by atoms with van der Waals surface area (Å²) in [4.78, 5) is 23.3. The van der Waals surface area contributed by atoms with Crippen molar-refractivity contribution in [3.63, 3.8) is 0 Å². The van der Waals surface area contributed by atoms with Crippen LogP contribution >= 0.6 is 11.3 Å². The highest BCUT2D eigenvalue weighted by molar-refractivity contribution is 7.91. The first kappa shape index (κ1) is 21.7. The van der Waals surface area contributed by atoms with Gasteiger partial charge in [0.25, 0.3) is 5.91 Å². The fraction of sp³-hybridized carbons (Fsp3) is 0.261. The minimum Gasteiger partial charge on any atom is -0.347 e. The van der Waals surface area contributed by atoms with Gasteiger partial charge in [0.2, 0.25) is 0 Å². The number of aryl methyl sites for hydroxylation is 1. The zero-order valence-corrected chi connectivity index (χ0v) is 19.4. The number of imidazole rings is 1. The second-order valence-electron chi connectivity index (χ2n) is 8.10. The van der Waals surface area contributed by atoms with Crippen molar-refractivity contribution in [1.82, 2.24) is 19.9 Å². The number of sulfone groups is 1. The van der Waals surface area contributed by atoms with Gasteiger partial charge in [0.05, 0.1) is 33.6 Å². The SMILES string of the molecule is Cc1nc2c(C(=O)NCc3ccc(F)cc3)nc(-c3cccs3)cc2n1C1CCS(=O)(=O)C1. The zero-order chi connectivity index (χ0) is 23.2. The Hall–Kier alpha value is -3.11. The summed E-state index contributed by atoms with van der Waals surface area (Å²) in [5.74, 6) is 0.107. The molecule has 1 fully saturated rings. The molecule has 1 aromatic carbocycles. The topological polar surface area (TPSA) is 93.9 Å². The van der Waals surface area contributed by atoms with Gasteiger partial charge in [-0.1, -0.05) is 18.2 Å². The third-order valence-corrected chi connectivity index (χ3v) is 8.43. The number of carbonyl (C=O) groups excluding carboxylic acids is 1. The van der Waals surface area contributed by atoms with E-state index in [1.807, 2.05) is 35.1 Å². The number of fused-ring (bicyclic) bond motifs is 1. The number of aromatic nitrogens is 3. The summed E-state index contributed by atoms with van der Waals surface area (Å²) in [7, 11) is -3.10. The Kier molecular flexibility index (Phi) is 5.49. The van der Waals surface area contributed by atoms with E-state index < -0.39 is 15.7 Å². The van der Waals surface area contributed by atoms with E-state index in [0.717, 1.165) is 10.4 Å². The molecule has 33 heavy (non-hydrogen) atoms. The van der Waals surface area contributed by atoms with Crippen molar-refractivity contribution in [1.29, 1.82) is 0 Å². The van der Waals surface area contributed by atoms with Gasteiger partial charge in [-0.25, -0.2) is 22.8 Å². The quantitative estimate of drug-likeness (QED) is 0.464. The van der Waals surface area contributed by atoms with Gasteiger partial charge in [-0.15, -0.1) is 11.3 Å². The van der Waals surface area contributed by atoms with Gasteiger partial charge < -0.3 is 9.88 Å². The van der Waals surface area contributed by atoms with Crippen molar-refractivity contribution in [2.75, 3.05) is 11.5 Å². The smallest absolute Gasteiger partial charge is 0.272 e. The maximum atomic E-state index is 13.2. The second kappa shape index (κ2) is 8.35. The molecule has 7 nitrogen and oxygen atoms in total. The lowest BCUT2D eigenvalue weighted by Gasteiger charge is -2.14. The molecule has 0 spiro atoms. The van der Waals surface area contributed by atoms with Crippen LogP contribution in [0.15, 0.2) is 47.8 Å². The molecule has 0 saturated carbocycles. The Balaban J connectivity index is 1.57. The van der Waals surface area contributed by atoms with Crippen molar-refractivity contribution >= 4 is 38.1 Å². The third-order valence-electron chi connectivity index (χ3n) is 5.78. The number of halogens is 1. The number of amides is 1. The van der Waals surface area contributed by atoms with Gasteiger partial charge in [0, 0.05) is 6.54 Å². The fourth-order valence-electron chi connectivity index (χ4n) is 4.23. The number of nitrogens with zero attached hydrogens (tertiary/aromatic N) is 3. The third kappa shape index (κ3) is 4.28. The Bertz CT molecular complexity index is 1450. The van der Waals surface area contributed by atoms with Gasteiger partial charge in [0.15, 0.2) is 15.5 Å². The highest BCUT2D eigenvalue weighted by atomic mass is 32.2. The minimum atomic E-state index is -3.10. The average Bonchev–Trinajstić information content (AvgIpc) is 3.50. The molecule has 1 saturated heterocycles. The maximum Gasteiger partial charge on any atom is 0.272 e. The molecule has 0 aliphatic carbocycles. The standard InChI is InChI=1S/C23H21FN4O3S2/c1-14-26-21-19(28(14)17-8-10-33(30,31)13-17)11-18(20-3-2-9-32-20)27-22(21)23(29)25-12-15-4-6-16(24)7-5-15/h2-7,9,11,17H,8,10,12-13H2,1H3,(H,25,29). The highest BCUT2D eigenvalue weighted by Gasteiger charge is 2.32. The number of thiophene rings is 1. The summed E-state index contributed by atoms with van der Waals surface area (Å²) in [6.07, 6.45) is 0.511. The van der Waals surface area contributed by atoms with E-state index in [4.69, 9.17) is 0 Å². The van der Waals surface area contributed by atoms with Crippen LogP contribution in [-0.2, 0) is 16.4 Å². The monoisotopic (exact) mass is 484 g/mol. The minimum absolute atomic E-state index is 0.0576. The zero-order valence-electron chi connectivity index (χ0n) is 17.8. The summed E-state index contributed by atoms with van der Waals surface area (Å²) in [6.45, 7) is 2.03. The van der Waals surface area contributed by atoms with E-state index in [1.54, 1.807) is 12.1 Å². The van der Waals surface area contributed by atoms with E-state index in [9.17, 15) is 17.6 Å². The molecule has 170 valence electrons. The first-order valence-corrected chi connectivity index (χ1v) is 13.2. The normalized spacial score (nSPS) is 17.5. The largest absolute Gasteiger partial charge is 0.347 e. The lowest BCUT2D eigenvalue weighted by atomic mass is 10.2. The number of nitrogens with one attached hydrogen (secondary N) is 1. The molecular weight excluding hydrogens is 463 g/mol. The Morgan fingerprint density at radius 2 is 2.03 bits per heavy atom. The van der Waals surface area contributed by atoms with Gasteiger partial charge in [-0.05, 0) is 48.6 Å². The average molecular weight is 485 g/mol. The van der Waals surface area contributed by atoms with Crippen LogP contribution in [0.2, 0.25) is 0 Å². The highest BCUT2D eigenvalue weighted by Crippen LogP contribution is 2.33. The van der Waals surface area contributed by atoms with Gasteiger partial charge in [-0.3, -0.25) is 4.79 Å². The maximum absolute atomic E-state index is 13.2. The number of rotatable bonds is 5. The van der Waals surface area contributed by atoms with Crippen molar-refractivity contribution in [3.05, 3.63) is 70.7 Å². The molecule has 1 aliphatic rings. The van der Waals surface area contributed by atoms with Gasteiger partial charge in [-0.2, -0.15) is 0 Å². The predicted molar refractivity (Wildman–Crippen MR) is 125 cm³/mol. The van der Waals surface area contributed by atoms with E-state index in [1.165, 1.54) is 23.5 Å². The van der Waals surface area contributed by atoms with Crippen molar-refractivity contribution in [3.8, 4) is 10.6 Å². The molecule has 4 aromatic rings. The Morgan fingerprint density at radius 3 is 2.70 bits per heavy atom. The van der Waals surface area contributed by atoms with Crippen LogP contribution in [0, 0.1) is 12.7 Å². The van der Waals surface area contributed by atoms with E-state index >= 15 is 0 Å². The molecule has 1 unspecified atom stereocenters.